The van der Waals surface area contributed by atoms with Crippen LogP contribution in [0.4, 0.5) is 4.39 Å². The van der Waals surface area contributed by atoms with Gasteiger partial charge in [0.1, 0.15) is 11.9 Å². The highest BCUT2D eigenvalue weighted by Gasteiger charge is 2.21. The molecule has 1 saturated carbocycles. The van der Waals surface area contributed by atoms with Crippen LogP contribution in [0.25, 0.3) is 0 Å². The van der Waals surface area contributed by atoms with Crippen molar-refractivity contribution >= 4 is 0 Å². The fourth-order valence-corrected chi connectivity index (χ4v) is 1.75. The summed E-state index contributed by atoms with van der Waals surface area (Å²) in [4.78, 5) is 4.03. The average Bonchev–Trinajstić information content (AvgIpc) is 3.20. The molecule has 1 aliphatic rings. The predicted octanol–water partition coefficient (Wildman–Crippen LogP) is 2.28. The second-order valence-corrected chi connectivity index (χ2v) is 4.86. The van der Waals surface area contributed by atoms with Crippen LogP contribution in [0.3, 0.4) is 0 Å². The van der Waals surface area contributed by atoms with Crippen LogP contribution < -0.4 is 10.1 Å². The van der Waals surface area contributed by atoms with Crippen molar-refractivity contribution in [3.8, 4) is 5.88 Å². The second kappa shape index (κ2) is 6.82. The number of hydrogen-bond acceptors (Lipinski definition) is 4. The van der Waals surface area contributed by atoms with Gasteiger partial charge in [0, 0.05) is 24.8 Å². The zero-order chi connectivity index (χ0) is 13.7. The number of pyridine rings is 1. The van der Waals surface area contributed by atoms with Crippen molar-refractivity contribution in [2.45, 2.75) is 45.4 Å². The molecule has 1 N–H and O–H groups in total. The Hall–Kier alpha value is -1.20. The first-order chi connectivity index (χ1) is 9.19. The first kappa shape index (κ1) is 14.2. The summed E-state index contributed by atoms with van der Waals surface area (Å²) in [6.45, 7) is 5.60. The van der Waals surface area contributed by atoms with Crippen LogP contribution in [0.2, 0.25) is 0 Å². The molecule has 1 atom stereocenters. The lowest BCUT2D eigenvalue weighted by atomic mass is 10.2. The van der Waals surface area contributed by atoms with E-state index < -0.39 is 0 Å². The number of halogens is 1. The van der Waals surface area contributed by atoms with E-state index in [4.69, 9.17) is 9.47 Å². The van der Waals surface area contributed by atoms with Crippen molar-refractivity contribution in [1.29, 1.82) is 0 Å². The van der Waals surface area contributed by atoms with E-state index >= 15 is 0 Å². The Morgan fingerprint density at radius 2 is 2.32 bits per heavy atom. The van der Waals surface area contributed by atoms with Gasteiger partial charge in [0.2, 0.25) is 5.88 Å². The maximum absolute atomic E-state index is 13.3. The van der Waals surface area contributed by atoms with E-state index in [1.807, 2.05) is 13.8 Å². The van der Waals surface area contributed by atoms with Crippen LogP contribution >= 0.6 is 0 Å². The van der Waals surface area contributed by atoms with Gasteiger partial charge in [-0.3, -0.25) is 0 Å². The van der Waals surface area contributed by atoms with Crippen molar-refractivity contribution in [2.75, 3.05) is 13.2 Å². The highest BCUT2D eigenvalue weighted by atomic mass is 19.1. The summed E-state index contributed by atoms with van der Waals surface area (Å²) < 4.78 is 24.3. The summed E-state index contributed by atoms with van der Waals surface area (Å²) in [5.74, 6) is 0.152. The topological polar surface area (TPSA) is 43.4 Å². The Morgan fingerprint density at radius 3 is 3.00 bits per heavy atom. The van der Waals surface area contributed by atoms with Crippen LogP contribution in [0.1, 0.15) is 32.3 Å². The number of aromatic nitrogens is 1. The SMILES string of the molecule is CCOCC(C)Oc1ncc(F)cc1CNC1CC1. The highest BCUT2D eigenvalue weighted by Crippen LogP contribution is 2.22. The number of nitrogens with zero attached hydrogens (tertiary/aromatic N) is 1. The Bertz CT molecular complexity index is 410. The lowest BCUT2D eigenvalue weighted by Gasteiger charge is -2.16. The van der Waals surface area contributed by atoms with Crippen LogP contribution in [0.5, 0.6) is 5.88 Å². The molecule has 5 heteroatoms. The average molecular weight is 268 g/mol. The summed E-state index contributed by atoms with van der Waals surface area (Å²) in [5, 5.41) is 3.34. The minimum Gasteiger partial charge on any atom is -0.472 e. The van der Waals surface area contributed by atoms with Crippen LogP contribution in [-0.2, 0) is 11.3 Å². The molecule has 1 aromatic heterocycles. The molecule has 1 heterocycles. The lowest BCUT2D eigenvalue weighted by Crippen LogP contribution is -2.22. The van der Waals surface area contributed by atoms with Crippen LogP contribution in [-0.4, -0.2) is 30.3 Å². The monoisotopic (exact) mass is 268 g/mol. The van der Waals surface area contributed by atoms with Crippen molar-refractivity contribution in [1.82, 2.24) is 10.3 Å². The Morgan fingerprint density at radius 1 is 1.53 bits per heavy atom. The van der Waals surface area contributed by atoms with E-state index in [1.165, 1.54) is 25.1 Å². The normalized spacial score (nSPS) is 16.4. The molecular weight excluding hydrogens is 247 g/mol. The minimum absolute atomic E-state index is 0.0995. The van der Waals surface area contributed by atoms with Crippen molar-refractivity contribution in [3.05, 3.63) is 23.6 Å². The number of ether oxygens (including phenoxy) is 2. The molecule has 0 aromatic carbocycles. The molecule has 0 bridgehead atoms. The molecule has 0 radical (unpaired) electrons. The largest absolute Gasteiger partial charge is 0.472 e. The molecule has 4 nitrogen and oxygen atoms in total. The molecule has 1 aromatic rings. The quantitative estimate of drug-likeness (QED) is 0.785. The third-order valence-corrected chi connectivity index (χ3v) is 2.92. The number of nitrogens with one attached hydrogen (secondary N) is 1. The van der Waals surface area contributed by atoms with E-state index in [2.05, 4.69) is 10.3 Å². The van der Waals surface area contributed by atoms with E-state index in [0.717, 1.165) is 5.56 Å². The molecule has 106 valence electrons. The Labute approximate surface area is 113 Å². The van der Waals surface area contributed by atoms with Crippen molar-refractivity contribution in [2.24, 2.45) is 0 Å². The first-order valence-electron chi connectivity index (χ1n) is 6.81. The van der Waals surface area contributed by atoms with E-state index in [9.17, 15) is 4.39 Å². The number of rotatable bonds is 8. The molecule has 19 heavy (non-hydrogen) atoms. The molecule has 0 aliphatic heterocycles. The second-order valence-electron chi connectivity index (χ2n) is 4.86. The summed E-state index contributed by atoms with van der Waals surface area (Å²) >= 11 is 0. The van der Waals surface area contributed by atoms with Gasteiger partial charge in [-0.15, -0.1) is 0 Å². The molecule has 1 fully saturated rings. The molecule has 0 spiro atoms. The zero-order valence-corrected chi connectivity index (χ0v) is 11.5. The smallest absolute Gasteiger partial charge is 0.218 e. The first-order valence-corrected chi connectivity index (χ1v) is 6.81. The summed E-state index contributed by atoms with van der Waals surface area (Å²) in [6, 6.07) is 2.04. The maximum atomic E-state index is 13.3. The van der Waals surface area contributed by atoms with Crippen molar-refractivity contribution in [3.63, 3.8) is 0 Å². The standard InChI is InChI=1S/C14H21FN2O2/c1-3-18-9-10(2)19-14-11(6-12(15)8-17-14)7-16-13-4-5-13/h6,8,10,13,16H,3-5,7,9H2,1-2H3. The zero-order valence-electron chi connectivity index (χ0n) is 11.5. The van der Waals surface area contributed by atoms with Gasteiger partial charge in [0.05, 0.1) is 12.8 Å². The van der Waals surface area contributed by atoms with Gasteiger partial charge in [-0.1, -0.05) is 0 Å². The van der Waals surface area contributed by atoms with E-state index in [-0.39, 0.29) is 11.9 Å². The fraction of sp³-hybridized carbons (Fsp3) is 0.643. The number of hydrogen-bond donors (Lipinski definition) is 1. The van der Waals surface area contributed by atoms with Gasteiger partial charge in [-0.25, -0.2) is 9.37 Å². The molecule has 0 saturated heterocycles. The molecule has 0 amide bonds. The fourth-order valence-electron chi connectivity index (χ4n) is 1.75. The Balaban J connectivity index is 1.96. The van der Waals surface area contributed by atoms with Gasteiger partial charge >= 0.3 is 0 Å². The van der Waals surface area contributed by atoms with Gasteiger partial charge < -0.3 is 14.8 Å². The van der Waals surface area contributed by atoms with Gasteiger partial charge in [-0.2, -0.15) is 0 Å². The van der Waals surface area contributed by atoms with Crippen LogP contribution in [0.15, 0.2) is 12.3 Å². The summed E-state index contributed by atoms with van der Waals surface area (Å²) in [7, 11) is 0. The third-order valence-electron chi connectivity index (χ3n) is 2.92. The van der Waals surface area contributed by atoms with E-state index in [1.54, 1.807) is 0 Å². The highest BCUT2D eigenvalue weighted by molar-refractivity contribution is 5.26. The maximum Gasteiger partial charge on any atom is 0.218 e. The van der Waals surface area contributed by atoms with Crippen LogP contribution in [0, 0.1) is 5.82 Å². The predicted molar refractivity (Wildman–Crippen MR) is 70.6 cm³/mol. The lowest BCUT2D eigenvalue weighted by molar-refractivity contribution is 0.0626. The summed E-state index contributed by atoms with van der Waals surface area (Å²) in [6.07, 6.45) is 3.47. The summed E-state index contributed by atoms with van der Waals surface area (Å²) in [5.41, 5.74) is 0.759. The molecule has 1 unspecified atom stereocenters. The van der Waals surface area contributed by atoms with Crippen molar-refractivity contribution < 1.29 is 13.9 Å². The molecular formula is C14H21FN2O2. The van der Waals surface area contributed by atoms with Gasteiger partial charge in [0.15, 0.2) is 0 Å². The molecule has 2 rings (SSSR count). The Kier molecular flexibility index (Phi) is 5.10. The molecule has 1 aliphatic carbocycles. The van der Waals surface area contributed by atoms with E-state index in [0.29, 0.717) is 31.7 Å². The minimum atomic E-state index is -0.336. The third kappa shape index (κ3) is 4.76. The van der Waals surface area contributed by atoms with Gasteiger partial charge in [0.25, 0.3) is 0 Å². The van der Waals surface area contributed by atoms with Gasteiger partial charge in [-0.05, 0) is 32.8 Å².